The van der Waals surface area contributed by atoms with Gasteiger partial charge < -0.3 is 14.6 Å². The molecule has 1 N–H and O–H groups in total. The number of hydrogen-bond donors (Lipinski definition) is 1. The molecule has 4 heteroatoms. The number of hydrogen-bond acceptors (Lipinski definition) is 4. The number of rotatable bonds is 6. The van der Waals surface area contributed by atoms with Crippen molar-refractivity contribution in [2.75, 3.05) is 13.2 Å². The summed E-state index contributed by atoms with van der Waals surface area (Å²) in [6.07, 6.45) is 4.05. The van der Waals surface area contributed by atoms with Gasteiger partial charge in [-0.05, 0) is 39.2 Å². The van der Waals surface area contributed by atoms with E-state index in [4.69, 9.17) is 9.47 Å². The average Bonchev–Trinajstić information content (AvgIpc) is 2.36. The lowest BCUT2D eigenvalue weighted by atomic mass is 9.77. The fourth-order valence-electron chi connectivity index (χ4n) is 2.13. The molecule has 2 rings (SSSR count). The summed E-state index contributed by atoms with van der Waals surface area (Å²) in [5, 5.41) is 10.2. The predicted octanol–water partition coefficient (Wildman–Crippen LogP) is 2.52. The highest BCUT2D eigenvalue weighted by atomic mass is 16.7. The zero-order chi connectivity index (χ0) is 13.0. The molecule has 1 heterocycles. The number of pyridine rings is 1. The Bertz CT molecular complexity index is 367. The molecule has 18 heavy (non-hydrogen) atoms. The molecule has 1 saturated carbocycles. The van der Waals surface area contributed by atoms with Gasteiger partial charge in [-0.3, -0.25) is 4.98 Å². The maximum atomic E-state index is 10.2. The second-order valence-corrected chi connectivity index (χ2v) is 4.60. The number of ether oxygens (including phenoxy) is 2. The summed E-state index contributed by atoms with van der Waals surface area (Å²) in [5.41, 5.74) is 0.945. The van der Waals surface area contributed by atoms with E-state index in [1.54, 1.807) is 6.20 Å². The van der Waals surface area contributed by atoms with Gasteiger partial charge in [0.15, 0.2) is 6.29 Å². The second-order valence-electron chi connectivity index (χ2n) is 4.60. The van der Waals surface area contributed by atoms with Crippen molar-refractivity contribution >= 4 is 0 Å². The molecule has 0 radical (unpaired) electrons. The molecule has 0 atom stereocenters. The van der Waals surface area contributed by atoms with Crippen LogP contribution in [0.5, 0.6) is 0 Å². The molecule has 1 fully saturated rings. The highest BCUT2D eigenvalue weighted by molar-refractivity contribution is 5.21. The molecule has 0 bridgehead atoms. The fraction of sp³-hybridized carbons (Fsp3) is 0.643. The average molecular weight is 251 g/mol. The Kier molecular flexibility index (Phi) is 4.32. The van der Waals surface area contributed by atoms with Crippen LogP contribution in [0.15, 0.2) is 18.3 Å². The van der Waals surface area contributed by atoms with Crippen molar-refractivity contribution < 1.29 is 14.6 Å². The molecular formula is C14H21NO3. The van der Waals surface area contributed by atoms with Gasteiger partial charge in [0.25, 0.3) is 0 Å². The summed E-state index contributed by atoms with van der Waals surface area (Å²) in [6, 6.07) is 3.80. The maximum Gasteiger partial charge on any atom is 0.185 e. The first-order valence-corrected chi connectivity index (χ1v) is 6.61. The van der Waals surface area contributed by atoms with E-state index in [-0.39, 0.29) is 6.29 Å². The molecule has 1 aliphatic rings. The van der Waals surface area contributed by atoms with Gasteiger partial charge in [-0.25, -0.2) is 0 Å². The highest BCUT2D eigenvalue weighted by Crippen LogP contribution is 2.40. The largest absolute Gasteiger partial charge is 0.384 e. The lowest BCUT2D eigenvalue weighted by Crippen LogP contribution is -2.34. The highest BCUT2D eigenvalue weighted by Gasteiger charge is 2.37. The van der Waals surface area contributed by atoms with Crippen molar-refractivity contribution in [2.45, 2.75) is 45.0 Å². The quantitative estimate of drug-likeness (QED) is 0.789. The van der Waals surface area contributed by atoms with Gasteiger partial charge in [0.2, 0.25) is 0 Å². The molecule has 0 aromatic carbocycles. The van der Waals surface area contributed by atoms with Crippen molar-refractivity contribution in [3.63, 3.8) is 0 Å². The van der Waals surface area contributed by atoms with Crippen molar-refractivity contribution in [1.29, 1.82) is 0 Å². The standard InChI is InChI=1S/C14H21NO3/c1-3-17-13(18-4-2)11-6-7-12(15-10-11)14(16)8-5-9-14/h6-7,10,13,16H,3-5,8-9H2,1-2H3. The number of nitrogens with zero attached hydrogens (tertiary/aromatic N) is 1. The Balaban J connectivity index is 2.10. The minimum absolute atomic E-state index is 0.363. The summed E-state index contributed by atoms with van der Waals surface area (Å²) in [4.78, 5) is 4.35. The molecule has 0 saturated heterocycles. The third kappa shape index (κ3) is 2.71. The van der Waals surface area contributed by atoms with Crippen molar-refractivity contribution in [3.05, 3.63) is 29.6 Å². The van der Waals surface area contributed by atoms with Gasteiger partial charge in [0, 0.05) is 25.0 Å². The SMILES string of the molecule is CCOC(OCC)c1ccc(C2(O)CCC2)nc1. The Hall–Kier alpha value is -0.970. The zero-order valence-electron chi connectivity index (χ0n) is 11.1. The minimum Gasteiger partial charge on any atom is -0.384 e. The molecule has 0 aliphatic heterocycles. The Morgan fingerprint density at radius 2 is 1.94 bits per heavy atom. The van der Waals surface area contributed by atoms with E-state index in [1.807, 2.05) is 26.0 Å². The minimum atomic E-state index is -0.703. The maximum absolute atomic E-state index is 10.2. The van der Waals surface area contributed by atoms with Gasteiger partial charge in [-0.1, -0.05) is 6.07 Å². The van der Waals surface area contributed by atoms with E-state index in [2.05, 4.69) is 4.98 Å². The van der Waals surface area contributed by atoms with Gasteiger partial charge in [0.1, 0.15) is 5.60 Å². The lowest BCUT2D eigenvalue weighted by molar-refractivity contribution is -0.140. The normalized spacial score (nSPS) is 17.8. The van der Waals surface area contributed by atoms with E-state index in [0.717, 1.165) is 30.5 Å². The van der Waals surface area contributed by atoms with Crippen LogP contribution in [0, 0.1) is 0 Å². The first-order chi connectivity index (χ1) is 8.69. The smallest absolute Gasteiger partial charge is 0.185 e. The van der Waals surface area contributed by atoms with Crippen LogP contribution in [-0.4, -0.2) is 23.3 Å². The molecule has 4 nitrogen and oxygen atoms in total. The van der Waals surface area contributed by atoms with Crippen LogP contribution < -0.4 is 0 Å². The Morgan fingerprint density at radius 1 is 1.28 bits per heavy atom. The van der Waals surface area contributed by atoms with Crippen molar-refractivity contribution in [3.8, 4) is 0 Å². The third-order valence-electron chi connectivity index (χ3n) is 3.35. The molecular weight excluding hydrogens is 230 g/mol. The zero-order valence-corrected chi connectivity index (χ0v) is 11.1. The first kappa shape index (κ1) is 13.5. The fourth-order valence-corrected chi connectivity index (χ4v) is 2.13. The number of aliphatic hydroxyl groups is 1. The predicted molar refractivity (Wildman–Crippen MR) is 68.0 cm³/mol. The molecule has 1 aromatic heterocycles. The summed E-state index contributed by atoms with van der Waals surface area (Å²) >= 11 is 0. The van der Waals surface area contributed by atoms with Gasteiger partial charge in [-0.15, -0.1) is 0 Å². The molecule has 100 valence electrons. The lowest BCUT2D eigenvalue weighted by Gasteiger charge is -2.36. The Morgan fingerprint density at radius 3 is 2.33 bits per heavy atom. The monoisotopic (exact) mass is 251 g/mol. The van der Waals surface area contributed by atoms with Gasteiger partial charge in [-0.2, -0.15) is 0 Å². The van der Waals surface area contributed by atoms with Crippen LogP contribution in [0.1, 0.15) is 50.7 Å². The Labute approximate surface area is 108 Å². The van der Waals surface area contributed by atoms with E-state index >= 15 is 0 Å². The van der Waals surface area contributed by atoms with E-state index in [0.29, 0.717) is 13.2 Å². The van der Waals surface area contributed by atoms with Gasteiger partial charge >= 0.3 is 0 Å². The van der Waals surface area contributed by atoms with Crippen molar-refractivity contribution in [2.24, 2.45) is 0 Å². The summed E-state index contributed by atoms with van der Waals surface area (Å²) in [7, 11) is 0. The van der Waals surface area contributed by atoms with Crippen LogP contribution in [0.25, 0.3) is 0 Å². The summed E-state index contributed by atoms with van der Waals surface area (Å²) < 4.78 is 11.0. The van der Waals surface area contributed by atoms with E-state index in [9.17, 15) is 5.11 Å². The van der Waals surface area contributed by atoms with Crippen molar-refractivity contribution in [1.82, 2.24) is 4.98 Å². The second kappa shape index (κ2) is 5.78. The van der Waals surface area contributed by atoms with Crippen LogP contribution in [0.4, 0.5) is 0 Å². The molecule has 0 unspecified atom stereocenters. The van der Waals surface area contributed by atoms with Crippen LogP contribution in [0.3, 0.4) is 0 Å². The molecule has 0 amide bonds. The van der Waals surface area contributed by atoms with Gasteiger partial charge in [0.05, 0.1) is 5.69 Å². The topological polar surface area (TPSA) is 51.6 Å². The molecule has 1 aromatic rings. The van der Waals surface area contributed by atoms with Crippen LogP contribution in [-0.2, 0) is 15.1 Å². The molecule has 1 aliphatic carbocycles. The van der Waals surface area contributed by atoms with Crippen LogP contribution >= 0.6 is 0 Å². The summed E-state index contributed by atoms with van der Waals surface area (Å²) in [5.74, 6) is 0. The summed E-state index contributed by atoms with van der Waals surface area (Å²) in [6.45, 7) is 5.06. The first-order valence-electron chi connectivity index (χ1n) is 6.61. The van der Waals surface area contributed by atoms with E-state index < -0.39 is 5.60 Å². The third-order valence-corrected chi connectivity index (χ3v) is 3.35. The molecule has 0 spiro atoms. The van der Waals surface area contributed by atoms with Crippen LogP contribution in [0.2, 0.25) is 0 Å². The number of aromatic nitrogens is 1. The van der Waals surface area contributed by atoms with E-state index in [1.165, 1.54) is 0 Å².